The van der Waals surface area contributed by atoms with Crippen LogP contribution in [0, 0.1) is 6.92 Å². The highest BCUT2D eigenvalue weighted by Gasteiger charge is 2.33. The predicted octanol–water partition coefficient (Wildman–Crippen LogP) is 2.27. The van der Waals surface area contributed by atoms with Crippen molar-refractivity contribution in [2.24, 2.45) is 0 Å². The van der Waals surface area contributed by atoms with Crippen LogP contribution in [0.15, 0.2) is 24.3 Å². The monoisotopic (exact) mass is 246 g/mol. The third-order valence-corrected chi connectivity index (χ3v) is 3.72. The maximum Gasteiger partial charge on any atom is 0.240 e. The summed E-state index contributed by atoms with van der Waals surface area (Å²) in [5, 5.41) is 3.25. The van der Waals surface area contributed by atoms with Crippen LogP contribution in [-0.2, 0) is 4.79 Å². The van der Waals surface area contributed by atoms with Crippen LogP contribution in [0.2, 0.25) is 0 Å². The van der Waals surface area contributed by atoms with Gasteiger partial charge in [0.05, 0.1) is 12.1 Å². The first-order chi connectivity index (χ1) is 8.63. The lowest BCUT2D eigenvalue weighted by Crippen LogP contribution is -2.39. The van der Waals surface area contributed by atoms with Gasteiger partial charge >= 0.3 is 0 Å². The van der Waals surface area contributed by atoms with Gasteiger partial charge in [0, 0.05) is 6.54 Å². The molecule has 1 aromatic rings. The van der Waals surface area contributed by atoms with Gasteiger partial charge in [-0.1, -0.05) is 36.8 Å². The molecule has 0 bridgehead atoms. The zero-order valence-electron chi connectivity index (χ0n) is 11.4. The lowest BCUT2D eigenvalue weighted by Gasteiger charge is -2.25. The molecule has 2 unspecified atom stereocenters. The number of hydrogen-bond donors (Lipinski definition) is 1. The van der Waals surface area contributed by atoms with E-state index in [2.05, 4.69) is 43.4 Å². The van der Waals surface area contributed by atoms with Crippen molar-refractivity contribution in [2.45, 2.75) is 39.3 Å². The molecule has 1 N–H and O–H groups in total. The van der Waals surface area contributed by atoms with E-state index < -0.39 is 0 Å². The quantitative estimate of drug-likeness (QED) is 0.884. The number of benzene rings is 1. The number of rotatable bonds is 4. The third-order valence-electron chi connectivity index (χ3n) is 3.72. The minimum Gasteiger partial charge on any atom is -0.335 e. The normalized spacial score (nSPS) is 21.4. The number of carbonyl (C=O) groups excluding carboxylic acids is 1. The van der Waals surface area contributed by atoms with Gasteiger partial charge in [-0.15, -0.1) is 0 Å². The molecule has 2 rings (SSSR count). The van der Waals surface area contributed by atoms with Crippen molar-refractivity contribution in [2.75, 3.05) is 13.1 Å². The van der Waals surface area contributed by atoms with Gasteiger partial charge < -0.3 is 10.2 Å². The Bertz CT molecular complexity index is 413. The molecule has 3 heteroatoms. The number of likely N-dealkylation sites (N-methyl/N-ethyl adjacent to an activating group) is 1. The van der Waals surface area contributed by atoms with Crippen molar-refractivity contribution >= 4 is 5.91 Å². The molecule has 1 aliphatic rings. The number of hydrogen-bond acceptors (Lipinski definition) is 2. The van der Waals surface area contributed by atoms with Crippen LogP contribution in [0.5, 0.6) is 0 Å². The van der Waals surface area contributed by atoms with Crippen LogP contribution in [0.1, 0.15) is 37.4 Å². The van der Waals surface area contributed by atoms with Crippen LogP contribution < -0.4 is 5.32 Å². The van der Waals surface area contributed by atoms with E-state index in [1.165, 1.54) is 11.1 Å². The molecular formula is C15H22N2O. The first-order valence-corrected chi connectivity index (χ1v) is 6.74. The van der Waals surface area contributed by atoms with E-state index in [1.54, 1.807) is 0 Å². The lowest BCUT2D eigenvalue weighted by atomic mass is 10.1. The SMILES string of the molecule is CCNC1CCN(C(C)c2ccc(C)cc2)C1=O. The number of nitrogens with one attached hydrogen (secondary N) is 1. The number of likely N-dealkylation sites (tertiary alicyclic amines) is 1. The summed E-state index contributed by atoms with van der Waals surface area (Å²) in [7, 11) is 0. The van der Waals surface area contributed by atoms with Crippen molar-refractivity contribution < 1.29 is 4.79 Å². The Labute approximate surface area is 109 Å². The molecule has 1 heterocycles. The zero-order chi connectivity index (χ0) is 13.1. The second kappa shape index (κ2) is 5.53. The van der Waals surface area contributed by atoms with Gasteiger partial charge in [-0.05, 0) is 32.4 Å². The minimum atomic E-state index is 0.0166. The second-order valence-electron chi connectivity index (χ2n) is 5.02. The highest BCUT2D eigenvalue weighted by atomic mass is 16.2. The molecular weight excluding hydrogens is 224 g/mol. The molecule has 18 heavy (non-hydrogen) atoms. The minimum absolute atomic E-state index is 0.0166. The molecule has 0 spiro atoms. The standard InChI is InChI=1S/C15H22N2O/c1-4-16-14-9-10-17(15(14)18)12(3)13-7-5-11(2)6-8-13/h5-8,12,14,16H,4,9-10H2,1-3H3. The van der Waals surface area contributed by atoms with Crippen molar-refractivity contribution in [3.05, 3.63) is 35.4 Å². The van der Waals surface area contributed by atoms with Crippen LogP contribution in [-0.4, -0.2) is 29.9 Å². The zero-order valence-corrected chi connectivity index (χ0v) is 11.4. The molecule has 1 fully saturated rings. The summed E-state index contributed by atoms with van der Waals surface area (Å²) in [5.41, 5.74) is 2.47. The summed E-state index contributed by atoms with van der Waals surface area (Å²) >= 11 is 0. The Morgan fingerprint density at radius 2 is 2.06 bits per heavy atom. The van der Waals surface area contributed by atoms with E-state index in [4.69, 9.17) is 0 Å². The highest BCUT2D eigenvalue weighted by Crippen LogP contribution is 2.25. The fraction of sp³-hybridized carbons (Fsp3) is 0.533. The Balaban J connectivity index is 2.08. The Morgan fingerprint density at radius 3 is 2.67 bits per heavy atom. The number of carbonyl (C=O) groups is 1. The first-order valence-electron chi connectivity index (χ1n) is 6.74. The highest BCUT2D eigenvalue weighted by molar-refractivity contribution is 5.84. The van der Waals surface area contributed by atoms with E-state index in [0.29, 0.717) is 0 Å². The van der Waals surface area contributed by atoms with Gasteiger partial charge in [-0.2, -0.15) is 0 Å². The van der Waals surface area contributed by atoms with Crippen LogP contribution in [0.25, 0.3) is 0 Å². The van der Waals surface area contributed by atoms with Crippen molar-refractivity contribution in [3.63, 3.8) is 0 Å². The lowest BCUT2D eigenvalue weighted by molar-refractivity contribution is -0.131. The van der Waals surface area contributed by atoms with E-state index in [0.717, 1.165) is 19.5 Å². The van der Waals surface area contributed by atoms with E-state index >= 15 is 0 Å². The number of nitrogens with zero attached hydrogens (tertiary/aromatic N) is 1. The van der Waals surface area contributed by atoms with Crippen molar-refractivity contribution in [1.82, 2.24) is 10.2 Å². The molecule has 3 nitrogen and oxygen atoms in total. The van der Waals surface area contributed by atoms with Gasteiger partial charge in [-0.3, -0.25) is 4.79 Å². The second-order valence-corrected chi connectivity index (χ2v) is 5.02. The van der Waals surface area contributed by atoms with Crippen LogP contribution in [0.3, 0.4) is 0 Å². The molecule has 0 aliphatic carbocycles. The predicted molar refractivity (Wildman–Crippen MR) is 73.4 cm³/mol. The largest absolute Gasteiger partial charge is 0.335 e. The molecule has 1 aliphatic heterocycles. The van der Waals surface area contributed by atoms with Gasteiger partial charge in [-0.25, -0.2) is 0 Å². The molecule has 2 atom stereocenters. The molecule has 0 radical (unpaired) electrons. The number of amides is 1. The van der Waals surface area contributed by atoms with E-state index in [1.807, 2.05) is 11.8 Å². The van der Waals surface area contributed by atoms with Gasteiger partial charge in [0.15, 0.2) is 0 Å². The summed E-state index contributed by atoms with van der Waals surface area (Å²) in [6.45, 7) is 7.93. The molecule has 1 aromatic carbocycles. The molecule has 1 amide bonds. The maximum absolute atomic E-state index is 12.2. The van der Waals surface area contributed by atoms with Gasteiger partial charge in [0.25, 0.3) is 0 Å². The topological polar surface area (TPSA) is 32.3 Å². The third kappa shape index (κ3) is 2.56. The summed E-state index contributed by atoms with van der Waals surface area (Å²) < 4.78 is 0. The average molecular weight is 246 g/mol. The van der Waals surface area contributed by atoms with E-state index in [9.17, 15) is 4.79 Å². The summed E-state index contributed by atoms with van der Waals surface area (Å²) in [5.74, 6) is 0.241. The van der Waals surface area contributed by atoms with Crippen molar-refractivity contribution in [3.8, 4) is 0 Å². The van der Waals surface area contributed by atoms with Gasteiger partial charge in [0.2, 0.25) is 5.91 Å². The fourth-order valence-corrected chi connectivity index (χ4v) is 2.55. The Hall–Kier alpha value is -1.35. The Morgan fingerprint density at radius 1 is 1.39 bits per heavy atom. The Kier molecular flexibility index (Phi) is 4.02. The molecule has 0 saturated carbocycles. The maximum atomic E-state index is 12.2. The van der Waals surface area contributed by atoms with Crippen LogP contribution >= 0.6 is 0 Å². The van der Waals surface area contributed by atoms with Gasteiger partial charge in [0.1, 0.15) is 0 Å². The molecule has 1 saturated heterocycles. The molecule has 98 valence electrons. The number of aryl methyl sites for hydroxylation is 1. The molecule has 0 aromatic heterocycles. The summed E-state index contributed by atoms with van der Waals surface area (Å²) in [6.07, 6.45) is 0.920. The smallest absolute Gasteiger partial charge is 0.240 e. The van der Waals surface area contributed by atoms with Crippen molar-refractivity contribution in [1.29, 1.82) is 0 Å². The van der Waals surface area contributed by atoms with Crippen LogP contribution in [0.4, 0.5) is 0 Å². The summed E-state index contributed by atoms with van der Waals surface area (Å²) in [6, 6.07) is 8.63. The average Bonchev–Trinajstić information content (AvgIpc) is 2.72. The first kappa shape index (κ1) is 13.1. The van der Waals surface area contributed by atoms with E-state index in [-0.39, 0.29) is 18.0 Å². The summed E-state index contributed by atoms with van der Waals surface area (Å²) in [4.78, 5) is 14.2. The fourth-order valence-electron chi connectivity index (χ4n) is 2.55.